The van der Waals surface area contributed by atoms with Crippen LogP contribution < -0.4 is 0 Å². The zero-order chi connectivity index (χ0) is 9.40. The van der Waals surface area contributed by atoms with Gasteiger partial charge in [0.2, 0.25) is 0 Å². The molecular formula is C9H16O3. The Labute approximate surface area is 72.7 Å². The van der Waals surface area contributed by atoms with Crippen molar-refractivity contribution in [1.82, 2.24) is 0 Å². The van der Waals surface area contributed by atoms with Gasteiger partial charge in [-0.3, -0.25) is 0 Å². The topological polar surface area (TPSA) is 57.5 Å². The molecule has 3 nitrogen and oxygen atoms in total. The fourth-order valence-electron chi connectivity index (χ4n) is 0.839. The van der Waals surface area contributed by atoms with Crippen molar-refractivity contribution < 1.29 is 15.0 Å². The van der Waals surface area contributed by atoms with E-state index >= 15 is 0 Å². The third-order valence-corrected chi connectivity index (χ3v) is 1.65. The third kappa shape index (κ3) is 5.92. The molecule has 2 N–H and O–H groups in total. The van der Waals surface area contributed by atoms with Crippen molar-refractivity contribution in [2.45, 2.75) is 32.6 Å². The van der Waals surface area contributed by atoms with E-state index in [1.165, 1.54) is 0 Å². The van der Waals surface area contributed by atoms with Gasteiger partial charge in [0.05, 0.1) is 0 Å². The summed E-state index contributed by atoms with van der Waals surface area (Å²) in [5, 5.41) is 16.9. The van der Waals surface area contributed by atoms with E-state index in [1.807, 2.05) is 0 Å². The summed E-state index contributed by atoms with van der Waals surface area (Å²) in [7, 11) is 0. The van der Waals surface area contributed by atoms with Gasteiger partial charge in [0.25, 0.3) is 0 Å². The largest absolute Gasteiger partial charge is 0.478 e. The van der Waals surface area contributed by atoms with Gasteiger partial charge in [-0.2, -0.15) is 0 Å². The standard InChI is InChI=1S/C9H16O3/c1-8(9(11)12)6-4-2-3-5-7-10/h6,10H,2-5,7H2,1H3,(H,11,12)/b8-6+. The SMILES string of the molecule is C/C(=C\CCCCCO)C(=O)O. The maximum absolute atomic E-state index is 10.3. The van der Waals surface area contributed by atoms with E-state index < -0.39 is 5.97 Å². The number of aliphatic hydroxyl groups is 1. The van der Waals surface area contributed by atoms with Crippen LogP contribution in [0.25, 0.3) is 0 Å². The Morgan fingerprint density at radius 2 is 2.00 bits per heavy atom. The Morgan fingerprint density at radius 3 is 2.50 bits per heavy atom. The molecule has 0 saturated heterocycles. The monoisotopic (exact) mass is 172 g/mol. The van der Waals surface area contributed by atoms with Crippen molar-refractivity contribution >= 4 is 5.97 Å². The maximum Gasteiger partial charge on any atom is 0.330 e. The molecule has 0 aromatic heterocycles. The Morgan fingerprint density at radius 1 is 1.33 bits per heavy atom. The van der Waals surface area contributed by atoms with Crippen molar-refractivity contribution in [2.75, 3.05) is 6.61 Å². The second kappa shape index (κ2) is 6.85. The second-order valence-corrected chi connectivity index (χ2v) is 2.77. The summed E-state index contributed by atoms with van der Waals surface area (Å²) < 4.78 is 0. The van der Waals surface area contributed by atoms with E-state index in [0.29, 0.717) is 5.57 Å². The number of allylic oxidation sites excluding steroid dienone is 1. The molecular weight excluding hydrogens is 156 g/mol. The van der Waals surface area contributed by atoms with Crippen LogP contribution in [-0.4, -0.2) is 22.8 Å². The first-order valence-electron chi connectivity index (χ1n) is 4.19. The molecule has 0 saturated carbocycles. The number of hydrogen-bond acceptors (Lipinski definition) is 2. The predicted molar refractivity (Wildman–Crippen MR) is 46.9 cm³/mol. The Hall–Kier alpha value is -0.830. The van der Waals surface area contributed by atoms with Crippen LogP contribution in [0.1, 0.15) is 32.6 Å². The van der Waals surface area contributed by atoms with E-state index in [-0.39, 0.29) is 6.61 Å². The lowest BCUT2D eigenvalue weighted by molar-refractivity contribution is -0.132. The summed E-state index contributed by atoms with van der Waals surface area (Å²) >= 11 is 0. The summed E-state index contributed by atoms with van der Waals surface area (Å²) in [6.45, 7) is 1.82. The van der Waals surface area contributed by atoms with Crippen LogP contribution in [0.4, 0.5) is 0 Å². The normalized spacial score (nSPS) is 11.7. The third-order valence-electron chi connectivity index (χ3n) is 1.65. The minimum atomic E-state index is -0.850. The van der Waals surface area contributed by atoms with Crippen molar-refractivity contribution in [3.05, 3.63) is 11.6 Å². The molecule has 0 radical (unpaired) electrons. The molecule has 0 aliphatic heterocycles. The number of hydrogen-bond donors (Lipinski definition) is 2. The molecule has 0 rings (SSSR count). The van der Waals surface area contributed by atoms with Crippen LogP contribution in [0, 0.1) is 0 Å². The molecule has 70 valence electrons. The first-order valence-corrected chi connectivity index (χ1v) is 4.19. The zero-order valence-electron chi connectivity index (χ0n) is 7.42. The Balaban J connectivity index is 3.40. The highest BCUT2D eigenvalue weighted by atomic mass is 16.4. The predicted octanol–water partition coefficient (Wildman–Crippen LogP) is 1.57. The molecule has 0 heterocycles. The van der Waals surface area contributed by atoms with Crippen LogP contribution in [0.2, 0.25) is 0 Å². The van der Waals surface area contributed by atoms with Crippen molar-refractivity contribution in [3.8, 4) is 0 Å². The highest BCUT2D eigenvalue weighted by molar-refractivity contribution is 5.85. The summed E-state index contributed by atoms with van der Waals surface area (Å²) in [6, 6.07) is 0. The number of unbranched alkanes of at least 4 members (excludes halogenated alkanes) is 3. The Bertz CT molecular complexity index is 161. The van der Waals surface area contributed by atoms with Gasteiger partial charge in [-0.05, 0) is 26.2 Å². The summed E-state index contributed by atoms with van der Waals surface area (Å²) in [5.74, 6) is -0.850. The van der Waals surface area contributed by atoms with Gasteiger partial charge in [0, 0.05) is 12.2 Å². The number of rotatable bonds is 6. The number of carbonyl (C=O) groups is 1. The molecule has 0 aromatic carbocycles. The second-order valence-electron chi connectivity index (χ2n) is 2.77. The fourth-order valence-corrected chi connectivity index (χ4v) is 0.839. The number of aliphatic hydroxyl groups excluding tert-OH is 1. The minimum absolute atomic E-state index is 0.224. The van der Waals surface area contributed by atoms with Crippen LogP contribution in [0.5, 0.6) is 0 Å². The number of carboxylic acids is 1. The maximum atomic E-state index is 10.3. The van der Waals surface area contributed by atoms with Gasteiger partial charge < -0.3 is 10.2 Å². The van der Waals surface area contributed by atoms with Gasteiger partial charge in [-0.1, -0.05) is 12.5 Å². The van der Waals surface area contributed by atoms with E-state index in [4.69, 9.17) is 10.2 Å². The highest BCUT2D eigenvalue weighted by Gasteiger charge is 1.97. The molecule has 0 unspecified atom stereocenters. The highest BCUT2D eigenvalue weighted by Crippen LogP contribution is 2.03. The Kier molecular flexibility index (Phi) is 6.38. The lowest BCUT2D eigenvalue weighted by atomic mass is 10.1. The molecule has 3 heteroatoms. The molecule has 0 aliphatic carbocycles. The molecule has 0 aromatic rings. The summed E-state index contributed by atoms with van der Waals surface area (Å²) in [6.07, 6.45) is 5.23. The molecule has 0 aliphatic rings. The average molecular weight is 172 g/mol. The first kappa shape index (κ1) is 11.2. The van der Waals surface area contributed by atoms with Gasteiger partial charge in [0.1, 0.15) is 0 Å². The van der Waals surface area contributed by atoms with Crippen molar-refractivity contribution in [1.29, 1.82) is 0 Å². The fraction of sp³-hybridized carbons (Fsp3) is 0.667. The zero-order valence-corrected chi connectivity index (χ0v) is 7.42. The van der Waals surface area contributed by atoms with E-state index in [0.717, 1.165) is 25.7 Å². The van der Waals surface area contributed by atoms with Gasteiger partial charge in [-0.15, -0.1) is 0 Å². The lowest BCUT2D eigenvalue weighted by Gasteiger charge is -1.95. The lowest BCUT2D eigenvalue weighted by Crippen LogP contribution is -1.95. The van der Waals surface area contributed by atoms with Gasteiger partial charge in [-0.25, -0.2) is 4.79 Å². The van der Waals surface area contributed by atoms with E-state index in [1.54, 1.807) is 13.0 Å². The first-order chi connectivity index (χ1) is 5.68. The summed E-state index contributed by atoms with van der Waals surface area (Å²) in [5.41, 5.74) is 0.402. The van der Waals surface area contributed by atoms with Gasteiger partial charge >= 0.3 is 5.97 Å². The van der Waals surface area contributed by atoms with E-state index in [2.05, 4.69) is 0 Å². The summed E-state index contributed by atoms with van der Waals surface area (Å²) in [4.78, 5) is 10.3. The van der Waals surface area contributed by atoms with Crippen molar-refractivity contribution in [2.24, 2.45) is 0 Å². The van der Waals surface area contributed by atoms with Gasteiger partial charge in [0.15, 0.2) is 0 Å². The molecule has 0 atom stereocenters. The van der Waals surface area contributed by atoms with Crippen LogP contribution >= 0.6 is 0 Å². The average Bonchev–Trinajstić information content (AvgIpc) is 2.03. The molecule has 0 spiro atoms. The quantitative estimate of drug-likeness (QED) is 0.472. The number of carboxylic acid groups (broad SMARTS) is 1. The van der Waals surface area contributed by atoms with E-state index in [9.17, 15) is 4.79 Å². The smallest absolute Gasteiger partial charge is 0.330 e. The van der Waals surface area contributed by atoms with Crippen LogP contribution in [0.15, 0.2) is 11.6 Å². The molecule has 0 amide bonds. The van der Waals surface area contributed by atoms with Crippen LogP contribution in [-0.2, 0) is 4.79 Å². The van der Waals surface area contributed by atoms with Crippen LogP contribution in [0.3, 0.4) is 0 Å². The molecule has 0 bridgehead atoms. The number of aliphatic carboxylic acids is 1. The molecule has 0 fully saturated rings. The minimum Gasteiger partial charge on any atom is -0.478 e. The molecule has 12 heavy (non-hydrogen) atoms. The van der Waals surface area contributed by atoms with Crippen molar-refractivity contribution in [3.63, 3.8) is 0 Å².